The van der Waals surface area contributed by atoms with E-state index in [1.54, 1.807) is 12.1 Å². The summed E-state index contributed by atoms with van der Waals surface area (Å²) in [5.74, 6) is 1.21. The van der Waals surface area contributed by atoms with Crippen LogP contribution in [0.15, 0.2) is 35.1 Å². The van der Waals surface area contributed by atoms with E-state index in [0.717, 1.165) is 36.4 Å². The highest BCUT2D eigenvalue weighted by Gasteiger charge is 2.18. The highest BCUT2D eigenvalue weighted by molar-refractivity contribution is 5.97. The van der Waals surface area contributed by atoms with Crippen molar-refractivity contribution in [2.75, 3.05) is 31.5 Å². The molecule has 0 spiro atoms. The fraction of sp³-hybridized carbons (Fsp3) is 0.450. The summed E-state index contributed by atoms with van der Waals surface area (Å²) >= 11 is 0. The number of halogens is 1. The number of rotatable bonds is 6. The van der Waals surface area contributed by atoms with Gasteiger partial charge in [-0.25, -0.2) is 9.37 Å². The average molecular weight is 369 g/mol. The molecule has 0 radical (unpaired) electrons. The lowest BCUT2D eigenvalue weighted by Crippen LogP contribution is -2.35. The van der Waals surface area contributed by atoms with Crippen molar-refractivity contribution in [2.24, 2.45) is 5.92 Å². The van der Waals surface area contributed by atoms with Gasteiger partial charge < -0.3 is 14.7 Å². The van der Waals surface area contributed by atoms with Crippen LogP contribution in [0.2, 0.25) is 0 Å². The molecule has 1 aliphatic rings. The lowest BCUT2D eigenvalue weighted by molar-refractivity contribution is 0.183. The number of benzene rings is 1. The van der Waals surface area contributed by atoms with Crippen LogP contribution >= 0.6 is 0 Å². The fourth-order valence-corrected chi connectivity index (χ4v) is 3.72. The quantitative estimate of drug-likeness (QED) is 0.664. The van der Waals surface area contributed by atoms with E-state index in [9.17, 15) is 4.39 Å². The largest absolute Gasteiger partial charge is 0.369 e. The molecule has 142 valence electrons. The van der Waals surface area contributed by atoms with Crippen molar-refractivity contribution >= 4 is 16.9 Å². The predicted octanol–water partition coefficient (Wildman–Crippen LogP) is 3.96. The smallest absolute Gasteiger partial charge is 0.263 e. The first-order chi connectivity index (χ1) is 13.2. The number of nitrogens with zero attached hydrogens (tertiary/aromatic N) is 4. The molecule has 27 heavy (non-hydrogen) atoms. The third kappa shape index (κ3) is 4.08. The average Bonchev–Trinajstić information content (AvgIpc) is 3.11. The second-order valence-corrected chi connectivity index (χ2v) is 7.27. The van der Waals surface area contributed by atoms with Gasteiger partial charge in [0.25, 0.3) is 5.71 Å². The molecule has 0 saturated carbocycles. The lowest BCUT2D eigenvalue weighted by Gasteiger charge is -2.30. The van der Waals surface area contributed by atoms with Crippen LogP contribution in [0.5, 0.6) is 0 Å². The molecule has 0 aliphatic carbocycles. The highest BCUT2D eigenvalue weighted by atomic mass is 19.1. The zero-order valence-corrected chi connectivity index (χ0v) is 15.5. The standard InChI is InChI=1S/C20H24FN5O/c1-14-4-2-10-26(12-14)11-3-9-22-19-17-18(15-5-7-16(21)8-6-15)25-27-20(17)24-13-23-19/h5-8,13-14H,2-4,9-12H2,1H3,(H,22,23,24)/t14-/m0/s1. The maximum Gasteiger partial charge on any atom is 0.263 e. The predicted molar refractivity (Wildman–Crippen MR) is 103 cm³/mol. The van der Waals surface area contributed by atoms with Crippen molar-refractivity contribution in [1.82, 2.24) is 20.0 Å². The van der Waals surface area contributed by atoms with Crippen molar-refractivity contribution in [3.8, 4) is 11.3 Å². The van der Waals surface area contributed by atoms with Gasteiger partial charge in [0.1, 0.15) is 29.0 Å². The van der Waals surface area contributed by atoms with Gasteiger partial charge in [0.2, 0.25) is 0 Å². The van der Waals surface area contributed by atoms with Crippen LogP contribution in [0.4, 0.5) is 10.2 Å². The zero-order chi connectivity index (χ0) is 18.6. The van der Waals surface area contributed by atoms with Crippen LogP contribution in [0.1, 0.15) is 26.2 Å². The number of anilines is 1. The summed E-state index contributed by atoms with van der Waals surface area (Å²) in [5, 5.41) is 8.24. The van der Waals surface area contributed by atoms with Gasteiger partial charge in [-0.2, -0.15) is 4.98 Å². The molecular weight excluding hydrogens is 345 g/mol. The summed E-state index contributed by atoms with van der Waals surface area (Å²) in [4.78, 5) is 11.1. The normalized spacial score (nSPS) is 18.1. The molecule has 1 aliphatic heterocycles. The van der Waals surface area contributed by atoms with Gasteiger partial charge in [-0.1, -0.05) is 12.1 Å². The molecule has 4 rings (SSSR count). The second kappa shape index (κ2) is 8.00. The van der Waals surface area contributed by atoms with Crippen molar-refractivity contribution in [3.05, 3.63) is 36.4 Å². The minimum atomic E-state index is -0.284. The molecule has 1 atom stereocenters. The van der Waals surface area contributed by atoms with Gasteiger partial charge in [0.15, 0.2) is 0 Å². The van der Waals surface area contributed by atoms with E-state index in [0.29, 0.717) is 17.2 Å². The Morgan fingerprint density at radius 3 is 2.93 bits per heavy atom. The maximum atomic E-state index is 13.2. The fourth-order valence-electron chi connectivity index (χ4n) is 3.72. The number of likely N-dealkylation sites (tertiary alicyclic amines) is 1. The molecule has 2 aromatic heterocycles. The molecule has 0 bridgehead atoms. The van der Waals surface area contributed by atoms with Crippen LogP contribution in [-0.2, 0) is 0 Å². The highest BCUT2D eigenvalue weighted by Crippen LogP contribution is 2.31. The number of hydrogen-bond donors (Lipinski definition) is 1. The van der Waals surface area contributed by atoms with Crippen molar-refractivity contribution < 1.29 is 8.91 Å². The molecule has 6 nitrogen and oxygen atoms in total. The Bertz CT molecular complexity index is 895. The van der Waals surface area contributed by atoms with Crippen molar-refractivity contribution in [1.29, 1.82) is 0 Å². The summed E-state index contributed by atoms with van der Waals surface area (Å²) in [7, 11) is 0. The van der Waals surface area contributed by atoms with Gasteiger partial charge in [0.05, 0.1) is 0 Å². The molecule has 1 aromatic carbocycles. The van der Waals surface area contributed by atoms with Crippen LogP contribution in [0, 0.1) is 11.7 Å². The Labute approximate surface area is 157 Å². The lowest BCUT2D eigenvalue weighted by atomic mass is 10.0. The van der Waals surface area contributed by atoms with E-state index in [1.807, 2.05) is 0 Å². The van der Waals surface area contributed by atoms with Crippen molar-refractivity contribution in [3.63, 3.8) is 0 Å². The van der Waals surface area contributed by atoms with Crippen LogP contribution in [-0.4, -0.2) is 46.2 Å². The molecule has 0 unspecified atom stereocenters. The minimum absolute atomic E-state index is 0.284. The Morgan fingerprint density at radius 2 is 2.11 bits per heavy atom. The zero-order valence-electron chi connectivity index (χ0n) is 15.5. The molecule has 3 heterocycles. The van der Waals surface area contributed by atoms with Gasteiger partial charge in [-0.15, -0.1) is 0 Å². The van der Waals surface area contributed by atoms with E-state index in [4.69, 9.17) is 4.52 Å². The Hall–Kier alpha value is -2.54. The number of nitrogens with one attached hydrogen (secondary N) is 1. The first-order valence-corrected chi connectivity index (χ1v) is 9.53. The first-order valence-electron chi connectivity index (χ1n) is 9.53. The van der Waals surface area contributed by atoms with Crippen molar-refractivity contribution in [2.45, 2.75) is 26.2 Å². The van der Waals surface area contributed by atoms with E-state index in [2.05, 4.69) is 32.3 Å². The monoisotopic (exact) mass is 369 g/mol. The molecular formula is C20H24FN5O. The molecule has 3 aromatic rings. The van der Waals surface area contributed by atoms with Gasteiger partial charge in [0, 0.05) is 18.7 Å². The van der Waals surface area contributed by atoms with Crippen LogP contribution < -0.4 is 5.32 Å². The first kappa shape index (κ1) is 17.9. The van der Waals surface area contributed by atoms with E-state index in [1.165, 1.54) is 44.4 Å². The summed E-state index contributed by atoms with van der Waals surface area (Å²) in [6, 6.07) is 6.18. The third-order valence-electron chi connectivity index (χ3n) is 5.08. The van der Waals surface area contributed by atoms with Gasteiger partial charge >= 0.3 is 0 Å². The molecule has 7 heteroatoms. The van der Waals surface area contributed by atoms with Crippen LogP contribution in [0.3, 0.4) is 0 Å². The van der Waals surface area contributed by atoms with E-state index >= 15 is 0 Å². The van der Waals surface area contributed by atoms with Gasteiger partial charge in [-0.3, -0.25) is 0 Å². The van der Waals surface area contributed by atoms with E-state index in [-0.39, 0.29) is 5.82 Å². The summed E-state index contributed by atoms with van der Waals surface area (Å²) in [6.07, 6.45) is 5.14. The Balaban J connectivity index is 1.45. The number of fused-ring (bicyclic) bond motifs is 1. The Morgan fingerprint density at radius 1 is 1.26 bits per heavy atom. The number of hydrogen-bond acceptors (Lipinski definition) is 6. The minimum Gasteiger partial charge on any atom is -0.369 e. The summed E-state index contributed by atoms with van der Waals surface area (Å²) in [5.41, 5.74) is 1.82. The molecule has 1 saturated heterocycles. The molecule has 0 amide bonds. The topological polar surface area (TPSA) is 67.1 Å². The second-order valence-electron chi connectivity index (χ2n) is 7.27. The van der Waals surface area contributed by atoms with Crippen LogP contribution in [0.25, 0.3) is 22.4 Å². The molecule has 1 fully saturated rings. The van der Waals surface area contributed by atoms with Gasteiger partial charge in [-0.05, 0) is 62.5 Å². The Kier molecular flexibility index (Phi) is 5.29. The van der Waals surface area contributed by atoms with E-state index < -0.39 is 0 Å². The SMILES string of the molecule is C[C@H]1CCCN(CCCNc2ncnc3onc(-c4ccc(F)cc4)c23)C1. The maximum absolute atomic E-state index is 13.2. The summed E-state index contributed by atoms with van der Waals surface area (Å²) in [6.45, 7) is 6.61. The number of aromatic nitrogens is 3. The third-order valence-corrected chi connectivity index (χ3v) is 5.08. The molecule has 1 N–H and O–H groups in total. The number of piperidine rings is 1. The summed E-state index contributed by atoms with van der Waals surface area (Å²) < 4.78 is 18.6.